The second-order valence-corrected chi connectivity index (χ2v) is 6.37. The fourth-order valence-electron chi connectivity index (χ4n) is 2.43. The number of hydrogen-bond donors (Lipinski definition) is 0. The predicted octanol–water partition coefficient (Wildman–Crippen LogP) is 5.74. The van der Waals surface area contributed by atoms with Crippen molar-refractivity contribution in [1.29, 1.82) is 0 Å². The number of unbranched alkanes of at least 4 members (excludes halogenated alkanes) is 5. The van der Waals surface area contributed by atoms with Crippen molar-refractivity contribution in [3.63, 3.8) is 0 Å². The summed E-state index contributed by atoms with van der Waals surface area (Å²) in [6.45, 7) is 9.43. The van der Waals surface area contributed by atoms with E-state index in [-0.39, 0.29) is 11.9 Å². The summed E-state index contributed by atoms with van der Waals surface area (Å²) in [5.74, 6) is 0.945. The minimum atomic E-state index is 0.0351. The number of ether oxygens (including phenoxy) is 1. The maximum Gasteiger partial charge on any atom is 0.308 e. The van der Waals surface area contributed by atoms with E-state index in [0.29, 0.717) is 6.61 Å². The first-order valence-electron chi connectivity index (χ1n) is 8.78. The van der Waals surface area contributed by atoms with Crippen LogP contribution in [0.2, 0.25) is 0 Å². The van der Waals surface area contributed by atoms with Gasteiger partial charge in [-0.25, -0.2) is 0 Å². The number of rotatable bonds is 13. The Balaban J connectivity index is 3.60. The fourth-order valence-corrected chi connectivity index (χ4v) is 2.43. The van der Waals surface area contributed by atoms with E-state index in [9.17, 15) is 4.79 Å². The highest BCUT2D eigenvalue weighted by molar-refractivity contribution is 5.72. The number of esters is 1. The number of carbonyl (C=O) groups excluding carboxylic acids is 1. The minimum Gasteiger partial charge on any atom is -0.465 e. The molecule has 20 heavy (non-hydrogen) atoms. The Hall–Kier alpha value is -0.530. The molecule has 0 amide bonds. The summed E-state index contributed by atoms with van der Waals surface area (Å²) >= 11 is 0. The van der Waals surface area contributed by atoms with Crippen LogP contribution in [0.25, 0.3) is 0 Å². The van der Waals surface area contributed by atoms with Gasteiger partial charge >= 0.3 is 5.97 Å². The van der Waals surface area contributed by atoms with Crippen molar-refractivity contribution in [1.82, 2.24) is 0 Å². The largest absolute Gasteiger partial charge is 0.465 e. The summed E-state index contributed by atoms with van der Waals surface area (Å²) in [7, 11) is 0. The Morgan fingerprint density at radius 2 is 1.55 bits per heavy atom. The van der Waals surface area contributed by atoms with Crippen molar-refractivity contribution < 1.29 is 9.53 Å². The van der Waals surface area contributed by atoms with E-state index in [0.717, 1.165) is 31.6 Å². The summed E-state index contributed by atoms with van der Waals surface area (Å²) in [5, 5.41) is 0. The normalized spacial score (nSPS) is 12.7. The lowest BCUT2D eigenvalue weighted by Crippen LogP contribution is -2.17. The van der Waals surface area contributed by atoms with Gasteiger partial charge in [0.15, 0.2) is 0 Å². The molecule has 0 aliphatic carbocycles. The van der Waals surface area contributed by atoms with Crippen molar-refractivity contribution in [3.05, 3.63) is 0 Å². The zero-order valence-electron chi connectivity index (χ0n) is 14.2. The predicted molar refractivity (Wildman–Crippen MR) is 86.8 cm³/mol. The van der Waals surface area contributed by atoms with Gasteiger partial charge in [-0.3, -0.25) is 4.79 Å². The van der Waals surface area contributed by atoms with E-state index < -0.39 is 0 Å². The lowest BCUT2D eigenvalue weighted by molar-refractivity contribution is -0.149. The van der Waals surface area contributed by atoms with E-state index in [4.69, 9.17) is 4.74 Å². The van der Waals surface area contributed by atoms with Gasteiger partial charge in [0, 0.05) is 0 Å². The zero-order valence-corrected chi connectivity index (χ0v) is 14.2. The zero-order chi connectivity index (χ0) is 15.2. The molecule has 0 aliphatic rings. The molecule has 120 valence electrons. The lowest BCUT2D eigenvalue weighted by atomic mass is 9.98. The quantitative estimate of drug-likeness (QED) is 0.318. The van der Waals surface area contributed by atoms with Crippen molar-refractivity contribution in [2.24, 2.45) is 11.8 Å². The molecule has 0 aliphatic heterocycles. The van der Waals surface area contributed by atoms with Crippen molar-refractivity contribution in [3.8, 4) is 0 Å². The first-order valence-corrected chi connectivity index (χ1v) is 8.78. The molecule has 0 radical (unpaired) electrons. The molecule has 1 unspecified atom stereocenters. The number of carbonyl (C=O) groups is 1. The smallest absolute Gasteiger partial charge is 0.308 e. The molecule has 0 rings (SSSR count). The third kappa shape index (κ3) is 11.3. The van der Waals surface area contributed by atoms with E-state index in [1.807, 2.05) is 0 Å². The molecule has 0 saturated heterocycles. The Morgan fingerprint density at radius 1 is 0.900 bits per heavy atom. The lowest BCUT2D eigenvalue weighted by Gasteiger charge is -2.14. The maximum atomic E-state index is 12.0. The first-order chi connectivity index (χ1) is 9.61. The van der Waals surface area contributed by atoms with Gasteiger partial charge in [-0.05, 0) is 25.2 Å². The third-order valence-corrected chi connectivity index (χ3v) is 3.90. The Kier molecular flexibility index (Phi) is 13.1. The molecular weight excluding hydrogens is 248 g/mol. The van der Waals surface area contributed by atoms with Gasteiger partial charge in [0.1, 0.15) is 0 Å². The summed E-state index contributed by atoms with van der Waals surface area (Å²) in [4.78, 5) is 12.0. The summed E-state index contributed by atoms with van der Waals surface area (Å²) in [6, 6.07) is 0. The number of hydrogen-bond acceptors (Lipinski definition) is 2. The van der Waals surface area contributed by atoms with Crippen LogP contribution in [0.3, 0.4) is 0 Å². The van der Waals surface area contributed by atoms with Gasteiger partial charge in [0.2, 0.25) is 0 Å². The van der Waals surface area contributed by atoms with Crippen LogP contribution in [-0.4, -0.2) is 12.6 Å². The molecule has 1 atom stereocenters. The molecule has 0 fully saturated rings. The molecule has 0 bridgehead atoms. The van der Waals surface area contributed by atoms with Gasteiger partial charge in [0.05, 0.1) is 12.5 Å². The van der Waals surface area contributed by atoms with Gasteiger partial charge in [-0.1, -0.05) is 72.6 Å². The molecule has 0 N–H and O–H groups in total. The Labute approximate surface area is 126 Å². The summed E-state index contributed by atoms with van der Waals surface area (Å²) in [5.41, 5.74) is 0. The monoisotopic (exact) mass is 284 g/mol. The second kappa shape index (κ2) is 13.5. The van der Waals surface area contributed by atoms with Gasteiger partial charge < -0.3 is 4.74 Å². The highest BCUT2D eigenvalue weighted by atomic mass is 16.5. The SMILES string of the molecule is CCCCCCC(CC)C(=O)OCCCCCC(C)C. The van der Waals surface area contributed by atoms with Crippen molar-refractivity contribution >= 4 is 5.97 Å². The van der Waals surface area contributed by atoms with Crippen LogP contribution >= 0.6 is 0 Å². The topological polar surface area (TPSA) is 26.3 Å². The van der Waals surface area contributed by atoms with Crippen LogP contribution in [0.15, 0.2) is 0 Å². The molecule has 0 aromatic carbocycles. The molecule has 2 heteroatoms. The van der Waals surface area contributed by atoms with Gasteiger partial charge in [0.25, 0.3) is 0 Å². The van der Waals surface area contributed by atoms with Gasteiger partial charge in [-0.2, -0.15) is 0 Å². The third-order valence-electron chi connectivity index (χ3n) is 3.90. The van der Waals surface area contributed by atoms with Crippen LogP contribution in [0, 0.1) is 11.8 Å². The highest BCUT2D eigenvalue weighted by Crippen LogP contribution is 2.16. The molecular formula is C18H36O2. The molecule has 2 nitrogen and oxygen atoms in total. The maximum absolute atomic E-state index is 12.0. The summed E-state index contributed by atoms with van der Waals surface area (Å²) < 4.78 is 5.42. The highest BCUT2D eigenvalue weighted by Gasteiger charge is 2.17. The van der Waals surface area contributed by atoms with E-state index in [1.165, 1.54) is 38.5 Å². The fraction of sp³-hybridized carbons (Fsp3) is 0.944. The van der Waals surface area contributed by atoms with Gasteiger partial charge in [-0.15, -0.1) is 0 Å². The molecule has 0 saturated carbocycles. The molecule has 0 spiro atoms. The minimum absolute atomic E-state index is 0.0351. The van der Waals surface area contributed by atoms with Crippen molar-refractivity contribution in [2.75, 3.05) is 6.61 Å². The van der Waals surface area contributed by atoms with Crippen LogP contribution < -0.4 is 0 Å². The first kappa shape index (κ1) is 19.5. The van der Waals surface area contributed by atoms with Crippen LogP contribution in [0.5, 0.6) is 0 Å². The van der Waals surface area contributed by atoms with Crippen LogP contribution in [0.4, 0.5) is 0 Å². The van der Waals surface area contributed by atoms with E-state index >= 15 is 0 Å². The molecule has 0 heterocycles. The summed E-state index contributed by atoms with van der Waals surface area (Å²) in [6.07, 6.45) is 11.6. The van der Waals surface area contributed by atoms with E-state index in [1.54, 1.807) is 0 Å². The Bertz CT molecular complexity index is 223. The van der Waals surface area contributed by atoms with Crippen LogP contribution in [0.1, 0.15) is 91.9 Å². The molecule has 0 aromatic heterocycles. The second-order valence-electron chi connectivity index (χ2n) is 6.37. The standard InChI is InChI=1S/C18H36O2/c1-5-7-8-11-14-17(6-2)18(19)20-15-12-9-10-13-16(3)4/h16-17H,5-15H2,1-4H3. The average molecular weight is 284 g/mol. The van der Waals surface area contributed by atoms with E-state index in [2.05, 4.69) is 27.7 Å². The Morgan fingerprint density at radius 3 is 2.15 bits per heavy atom. The van der Waals surface area contributed by atoms with Crippen molar-refractivity contribution in [2.45, 2.75) is 91.9 Å². The average Bonchev–Trinajstić information content (AvgIpc) is 2.42. The van der Waals surface area contributed by atoms with Crippen LogP contribution in [-0.2, 0) is 9.53 Å². The molecule has 0 aromatic rings.